The van der Waals surface area contributed by atoms with Crippen LogP contribution in [-0.4, -0.2) is 35.6 Å². The second kappa shape index (κ2) is 6.55. The summed E-state index contributed by atoms with van der Waals surface area (Å²) in [6.45, 7) is 2.51. The van der Waals surface area contributed by atoms with Crippen LogP contribution in [0.2, 0.25) is 0 Å². The fourth-order valence-electron chi connectivity index (χ4n) is 2.61. The third kappa shape index (κ3) is 3.41. The van der Waals surface area contributed by atoms with Crippen molar-refractivity contribution in [1.29, 1.82) is 0 Å². The van der Waals surface area contributed by atoms with Crippen LogP contribution in [0.15, 0.2) is 23.4 Å². The number of rotatable bonds is 4. The van der Waals surface area contributed by atoms with Gasteiger partial charge < -0.3 is 10.2 Å². The molecule has 1 aromatic heterocycles. The number of pyridine rings is 1. The zero-order valence-corrected chi connectivity index (χ0v) is 12.3. The number of carbonyl (C=O) groups is 2. The molecule has 22 heavy (non-hydrogen) atoms. The van der Waals surface area contributed by atoms with Crippen LogP contribution < -0.4 is 15.6 Å². The van der Waals surface area contributed by atoms with Crippen LogP contribution in [0, 0.1) is 0 Å². The summed E-state index contributed by atoms with van der Waals surface area (Å²) in [6.07, 6.45) is 4.86. The predicted molar refractivity (Wildman–Crippen MR) is 82.3 cm³/mol. The molecule has 0 atom stereocenters. The Balaban J connectivity index is 1.58. The van der Waals surface area contributed by atoms with Crippen LogP contribution >= 0.6 is 0 Å². The Morgan fingerprint density at radius 3 is 2.86 bits per heavy atom. The molecule has 3 rings (SSSR count). The molecule has 116 valence electrons. The van der Waals surface area contributed by atoms with E-state index in [9.17, 15) is 9.59 Å². The molecule has 0 unspecified atom stereocenters. The molecular weight excluding hydrogens is 282 g/mol. The quantitative estimate of drug-likeness (QED) is 0.851. The van der Waals surface area contributed by atoms with Crippen LogP contribution in [-0.2, 0) is 16.1 Å². The molecule has 0 saturated carbocycles. The van der Waals surface area contributed by atoms with E-state index in [1.54, 1.807) is 6.20 Å². The first-order valence-electron chi connectivity index (χ1n) is 7.56. The minimum absolute atomic E-state index is 0.152. The van der Waals surface area contributed by atoms with Gasteiger partial charge in [-0.25, -0.2) is 10.4 Å². The van der Waals surface area contributed by atoms with E-state index in [4.69, 9.17) is 0 Å². The molecule has 2 N–H and O–H groups in total. The first-order chi connectivity index (χ1) is 10.7. The number of aromatic nitrogens is 1. The Morgan fingerprint density at radius 2 is 2.14 bits per heavy atom. The molecule has 3 heterocycles. The minimum Gasteiger partial charge on any atom is -0.357 e. The first kappa shape index (κ1) is 14.5. The molecule has 1 saturated heterocycles. The predicted octanol–water partition coefficient (Wildman–Crippen LogP) is 0.564. The van der Waals surface area contributed by atoms with Gasteiger partial charge in [0.05, 0.1) is 0 Å². The number of hydrazone groups is 1. The van der Waals surface area contributed by atoms with E-state index >= 15 is 0 Å². The van der Waals surface area contributed by atoms with Crippen molar-refractivity contribution in [3.05, 3.63) is 23.9 Å². The highest BCUT2D eigenvalue weighted by Crippen LogP contribution is 2.18. The highest BCUT2D eigenvalue weighted by atomic mass is 16.2. The van der Waals surface area contributed by atoms with E-state index in [-0.39, 0.29) is 11.8 Å². The van der Waals surface area contributed by atoms with E-state index in [2.05, 4.69) is 25.7 Å². The summed E-state index contributed by atoms with van der Waals surface area (Å²) in [5, 5.41) is 6.62. The molecule has 2 amide bonds. The lowest BCUT2D eigenvalue weighted by atomic mass is 10.1. The Kier molecular flexibility index (Phi) is 4.32. The van der Waals surface area contributed by atoms with Crippen molar-refractivity contribution >= 4 is 23.3 Å². The number of carbonyl (C=O) groups excluding carboxylic acids is 2. The third-order valence-electron chi connectivity index (χ3n) is 3.86. The van der Waals surface area contributed by atoms with Gasteiger partial charge in [-0.15, -0.1) is 0 Å². The maximum absolute atomic E-state index is 12.0. The van der Waals surface area contributed by atoms with E-state index in [0.29, 0.717) is 25.1 Å². The van der Waals surface area contributed by atoms with Gasteiger partial charge in [0.15, 0.2) is 0 Å². The number of anilines is 1. The van der Waals surface area contributed by atoms with Crippen LogP contribution in [0.3, 0.4) is 0 Å². The van der Waals surface area contributed by atoms with Gasteiger partial charge >= 0.3 is 0 Å². The van der Waals surface area contributed by atoms with Gasteiger partial charge in [0.2, 0.25) is 5.91 Å². The third-order valence-corrected chi connectivity index (χ3v) is 3.86. The molecule has 1 aromatic rings. The van der Waals surface area contributed by atoms with Gasteiger partial charge in [-0.1, -0.05) is 0 Å². The molecule has 0 aliphatic carbocycles. The van der Waals surface area contributed by atoms with Crippen molar-refractivity contribution in [2.75, 3.05) is 18.0 Å². The van der Waals surface area contributed by atoms with E-state index in [1.165, 1.54) is 12.8 Å². The number of nitrogens with zero attached hydrogens (tertiary/aromatic N) is 3. The normalized spacial score (nSPS) is 17.9. The summed E-state index contributed by atoms with van der Waals surface area (Å²) < 4.78 is 0. The van der Waals surface area contributed by atoms with Crippen LogP contribution in [0.25, 0.3) is 0 Å². The number of hydrogen-bond donors (Lipinski definition) is 2. The Morgan fingerprint density at radius 1 is 1.32 bits per heavy atom. The largest absolute Gasteiger partial charge is 0.357 e. The fraction of sp³-hybridized carbons (Fsp3) is 0.467. The van der Waals surface area contributed by atoms with Crippen molar-refractivity contribution in [3.63, 3.8) is 0 Å². The van der Waals surface area contributed by atoms with E-state index in [0.717, 1.165) is 24.5 Å². The molecule has 0 aromatic carbocycles. The van der Waals surface area contributed by atoms with Crippen molar-refractivity contribution in [2.24, 2.45) is 5.10 Å². The summed E-state index contributed by atoms with van der Waals surface area (Å²) in [4.78, 5) is 29.7. The second-order valence-corrected chi connectivity index (χ2v) is 5.49. The molecule has 0 bridgehead atoms. The summed E-state index contributed by atoms with van der Waals surface area (Å²) in [6, 6.07) is 3.90. The number of hydrogen-bond acceptors (Lipinski definition) is 5. The lowest BCUT2D eigenvalue weighted by Gasteiger charge is -2.17. The average molecular weight is 301 g/mol. The molecule has 7 heteroatoms. The smallest absolute Gasteiger partial charge is 0.267 e. The van der Waals surface area contributed by atoms with Crippen molar-refractivity contribution in [2.45, 2.75) is 32.2 Å². The maximum Gasteiger partial charge on any atom is 0.267 e. The maximum atomic E-state index is 12.0. The van der Waals surface area contributed by atoms with Gasteiger partial charge in [0.1, 0.15) is 11.5 Å². The van der Waals surface area contributed by atoms with Crippen molar-refractivity contribution in [1.82, 2.24) is 15.7 Å². The Labute approximate surface area is 128 Å². The Bertz CT molecular complexity index is 608. The second-order valence-electron chi connectivity index (χ2n) is 5.49. The summed E-state index contributed by atoms with van der Waals surface area (Å²) in [5.74, 6) is 0.576. The molecule has 1 fully saturated rings. The van der Waals surface area contributed by atoms with Gasteiger partial charge in [-0.05, 0) is 30.5 Å². The SMILES string of the molecule is O=C1CCC(C(=O)NCc2ccnc(N3CCCC3)c2)=NN1. The molecule has 0 spiro atoms. The summed E-state index contributed by atoms with van der Waals surface area (Å²) in [5.41, 5.74) is 3.70. The fourth-order valence-corrected chi connectivity index (χ4v) is 2.61. The molecular formula is C15H19N5O2. The minimum atomic E-state index is -0.237. The van der Waals surface area contributed by atoms with Gasteiger partial charge in [-0.2, -0.15) is 5.10 Å². The lowest BCUT2D eigenvalue weighted by Crippen LogP contribution is -2.36. The number of nitrogens with one attached hydrogen (secondary N) is 2. The topological polar surface area (TPSA) is 86.7 Å². The van der Waals surface area contributed by atoms with Crippen molar-refractivity contribution < 1.29 is 9.59 Å². The lowest BCUT2D eigenvalue weighted by molar-refractivity contribution is -0.121. The summed E-state index contributed by atoms with van der Waals surface area (Å²) in [7, 11) is 0. The van der Waals surface area contributed by atoms with Gasteiger partial charge in [-0.3, -0.25) is 9.59 Å². The van der Waals surface area contributed by atoms with Gasteiger partial charge in [0, 0.05) is 38.7 Å². The standard InChI is InChI=1S/C15H19N5O2/c21-14-4-3-12(18-19-14)15(22)17-10-11-5-6-16-13(9-11)20-7-1-2-8-20/h5-6,9H,1-4,7-8,10H2,(H,17,22)(H,19,21). The van der Waals surface area contributed by atoms with Crippen molar-refractivity contribution in [3.8, 4) is 0 Å². The van der Waals surface area contributed by atoms with Crippen LogP contribution in [0.4, 0.5) is 5.82 Å². The number of amides is 2. The van der Waals surface area contributed by atoms with E-state index in [1.807, 2.05) is 12.1 Å². The molecule has 7 nitrogen and oxygen atoms in total. The zero-order chi connectivity index (χ0) is 15.4. The highest BCUT2D eigenvalue weighted by molar-refractivity contribution is 6.39. The van der Waals surface area contributed by atoms with E-state index < -0.39 is 0 Å². The molecule has 2 aliphatic heterocycles. The Hall–Kier alpha value is -2.44. The molecule has 0 radical (unpaired) electrons. The van der Waals surface area contributed by atoms with Gasteiger partial charge in [0.25, 0.3) is 5.91 Å². The van der Waals surface area contributed by atoms with Crippen LogP contribution in [0.5, 0.6) is 0 Å². The summed E-state index contributed by atoms with van der Waals surface area (Å²) >= 11 is 0. The zero-order valence-electron chi connectivity index (χ0n) is 12.3. The average Bonchev–Trinajstić information content (AvgIpc) is 3.08. The highest BCUT2D eigenvalue weighted by Gasteiger charge is 2.18. The first-order valence-corrected chi connectivity index (χ1v) is 7.56. The van der Waals surface area contributed by atoms with Crippen LogP contribution in [0.1, 0.15) is 31.2 Å². The molecule has 2 aliphatic rings. The monoisotopic (exact) mass is 301 g/mol.